The molecule has 1 atom stereocenters. The number of rotatable bonds is 7. The van der Waals surface area contributed by atoms with E-state index in [1.54, 1.807) is 40.0 Å². The third-order valence-electron chi connectivity index (χ3n) is 3.54. The second kappa shape index (κ2) is 7.68. The van der Waals surface area contributed by atoms with Gasteiger partial charge in [-0.25, -0.2) is 13.1 Å². The van der Waals surface area contributed by atoms with Gasteiger partial charge in [-0.2, -0.15) is 0 Å². The van der Waals surface area contributed by atoms with Crippen LogP contribution in [0.2, 0.25) is 0 Å². The standard InChI is InChI=1S/C18H23NO4S/c1-13-10-17(22-4)11-14(2)18(13)24(20,21)19-15(3)12-23-16-8-6-5-7-9-16/h5-11,15,19H,12H2,1-4H3. The highest BCUT2D eigenvalue weighted by molar-refractivity contribution is 7.89. The highest BCUT2D eigenvalue weighted by atomic mass is 32.2. The van der Waals surface area contributed by atoms with Gasteiger partial charge in [-0.1, -0.05) is 18.2 Å². The molecule has 2 rings (SSSR count). The van der Waals surface area contributed by atoms with E-state index in [9.17, 15) is 8.42 Å². The average molecular weight is 349 g/mol. The molecule has 2 aromatic rings. The van der Waals surface area contributed by atoms with Gasteiger partial charge in [0.05, 0.1) is 18.0 Å². The topological polar surface area (TPSA) is 64.6 Å². The second-order valence-electron chi connectivity index (χ2n) is 5.74. The maximum Gasteiger partial charge on any atom is 0.241 e. The third-order valence-corrected chi connectivity index (χ3v) is 5.43. The summed E-state index contributed by atoms with van der Waals surface area (Å²) in [5.74, 6) is 1.35. The fourth-order valence-corrected chi connectivity index (χ4v) is 4.23. The van der Waals surface area contributed by atoms with Crippen LogP contribution in [-0.2, 0) is 10.0 Å². The number of hydrogen-bond acceptors (Lipinski definition) is 4. The highest BCUT2D eigenvalue weighted by Crippen LogP contribution is 2.25. The summed E-state index contributed by atoms with van der Waals surface area (Å²) in [6.07, 6.45) is 0. The SMILES string of the molecule is COc1cc(C)c(S(=O)(=O)NC(C)COc2ccccc2)c(C)c1. The van der Waals surface area contributed by atoms with Crippen molar-refractivity contribution >= 4 is 10.0 Å². The molecule has 0 aliphatic carbocycles. The summed E-state index contributed by atoms with van der Waals surface area (Å²) in [6, 6.07) is 12.4. The van der Waals surface area contributed by atoms with E-state index in [2.05, 4.69) is 4.72 Å². The Hall–Kier alpha value is -2.05. The lowest BCUT2D eigenvalue weighted by Crippen LogP contribution is -2.37. The van der Waals surface area contributed by atoms with E-state index < -0.39 is 10.0 Å². The van der Waals surface area contributed by atoms with E-state index in [1.807, 2.05) is 30.3 Å². The molecule has 0 saturated heterocycles. The molecule has 0 heterocycles. The zero-order valence-corrected chi connectivity index (χ0v) is 15.2. The predicted octanol–water partition coefficient (Wildman–Crippen LogP) is 3.06. The zero-order valence-electron chi connectivity index (χ0n) is 14.4. The Morgan fingerprint density at radius 1 is 1.04 bits per heavy atom. The summed E-state index contributed by atoms with van der Waals surface area (Å²) in [6.45, 7) is 5.54. The molecule has 0 aliphatic rings. The van der Waals surface area contributed by atoms with Crippen LogP contribution in [0.3, 0.4) is 0 Å². The first-order chi connectivity index (χ1) is 11.3. The first-order valence-corrected chi connectivity index (χ1v) is 9.17. The molecule has 1 N–H and O–H groups in total. The van der Waals surface area contributed by atoms with E-state index in [1.165, 1.54) is 0 Å². The fourth-order valence-electron chi connectivity index (χ4n) is 2.55. The number of nitrogens with one attached hydrogen (secondary N) is 1. The fraction of sp³-hybridized carbons (Fsp3) is 0.333. The molecular weight excluding hydrogens is 326 g/mol. The first kappa shape index (κ1) is 18.3. The van der Waals surface area contributed by atoms with Gasteiger partial charge in [-0.15, -0.1) is 0 Å². The van der Waals surface area contributed by atoms with Crippen molar-refractivity contribution in [3.63, 3.8) is 0 Å². The van der Waals surface area contributed by atoms with Crippen LogP contribution in [0.15, 0.2) is 47.4 Å². The Balaban J connectivity index is 2.10. The summed E-state index contributed by atoms with van der Waals surface area (Å²) in [4.78, 5) is 0.287. The molecule has 0 bridgehead atoms. The molecule has 0 aliphatic heterocycles. The predicted molar refractivity (Wildman–Crippen MR) is 94.2 cm³/mol. The van der Waals surface area contributed by atoms with Crippen molar-refractivity contribution < 1.29 is 17.9 Å². The summed E-state index contributed by atoms with van der Waals surface area (Å²) in [5, 5.41) is 0. The summed E-state index contributed by atoms with van der Waals surface area (Å²) < 4.78 is 38.8. The zero-order chi connectivity index (χ0) is 17.7. The Morgan fingerprint density at radius 3 is 2.17 bits per heavy atom. The van der Waals surface area contributed by atoms with Crippen molar-refractivity contribution in [3.8, 4) is 11.5 Å². The molecular formula is C18H23NO4S. The minimum absolute atomic E-state index is 0.248. The first-order valence-electron chi connectivity index (χ1n) is 7.69. The van der Waals surface area contributed by atoms with E-state index in [4.69, 9.17) is 9.47 Å². The van der Waals surface area contributed by atoms with Crippen molar-refractivity contribution in [1.82, 2.24) is 4.72 Å². The Morgan fingerprint density at radius 2 is 1.62 bits per heavy atom. The van der Waals surface area contributed by atoms with Gasteiger partial charge in [0.2, 0.25) is 10.0 Å². The minimum Gasteiger partial charge on any atom is -0.497 e. The molecule has 24 heavy (non-hydrogen) atoms. The maximum absolute atomic E-state index is 12.7. The summed E-state index contributed by atoms with van der Waals surface area (Å²) in [7, 11) is -2.08. The smallest absolute Gasteiger partial charge is 0.241 e. The molecule has 130 valence electrons. The molecule has 0 fully saturated rings. The van der Waals surface area contributed by atoms with Crippen LogP contribution in [-0.4, -0.2) is 28.2 Å². The molecule has 0 spiro atoms. The maximum atomic E-state index is 12.7. The largest absolute Gasteiger partial charge is 0.497 e. The summed E-state index contributed by atoms with van der Waals surface area (Å²) >= 11 is 0. The normalized spacial score (nSPS) is 12.7. The number of hydrogen-bond donors (Lipinski definition) is 1. The minimum atomic E-state index is -3.64. The van der Waals surface area contributed by atoms with Crippen LogP contribution in [0.1, 0.15) is 18.1 Å². The Bertz CT molecular complexity index is 765. The Kier molecular flexibility index (Phi) is 5.85. The number of para-hydroxylation sites is 1. The van der Waals surface area contributed by atoms with Crippen molar-refractivity contribution in [2.75, 3.05) is 13.7 Å². The molecule has 6 heteroatoms. The second-order valence-corrected chi connectivity index (χ2v) is 7.39. The van der Waals surface area contributed by atoms with E-state index in [0.29, 0.717) is 22.6 Å². The lowest BCUT2D eigenvalue weighted by molar-refractivity contribution is 0.287. The van der Waals surface area contributed by atoms with Gasteiger partial charge in [0.1, 0.15) is 18.1 Å². The van der Waals surface area contributed by atoms with Crippen molar-refractivity contribution in [3.05, 3.63) is 53.6 Å². The number of aryl methyl sites for hydroxylation is 2. The van der Waals surface area contributed by atoms with Gasteiger partial charge in [0.15, 0.2) is 0 Å². The van der Waals surface area contributed by atoms with Gasteiger partial charge < -0.3 is 9.47 Å². The monoisotopic (exact) mass is 349 g/mol. The van der Waals surface area contributed by atoms with Gasteiger partial charge in [0.25, 0.3) is 0 Å². The van der Waals surface area contributed by atoms with Gasteiger partial charge in [-0.05, 0) is 56.2 Å². The van der Waals surface area contributed by atoms with Crippen LogP contribution in [0.5, 0.6) is 11.5 Å². The Labute approximate surface area is 143 Å². The van der Waals surface area contributed by atoms with Crippen LogP contribution < -0.4 is 14.2 Å². The highest BCUT2D eigenvalue weighted by Gasteiger charge is 2.22. The van der Waals surface area contributed by atoms with E-state index in [-0.39, 0.29) is 17.5 Å². The van der Waals surface area contributed by atoms with Gasteiger partial charge in [0, 0.05) is 0 Å². The van der Waals surface area contributed by atoms with E-state index in [0.717, 1.165) is 0 Å². The third kappa shape index (κ3) is 4.49. The summed E-state index contributed by atoms with van der Waals surface area (Å²) in [5.41, 5.74) is 1.30. The molecule has 0 amide bonds. The molecule has 0 radical (unpaired) electrons. The number of ether oxygens (including phenoxy) is 2. The molecule has 0 saturated carbocycles. The molecule has 1 unspecified atom stereocenters. The lowest BCUT2D eigenvalue weighted by atomic mass is 10.1. The van der Waals surface area contributed by atoms with Crippen LogP contribution in [0.25, 0.3) is 0 Å². The van der Waals surface area contributed by atoms with Gasteiger partial charge >= 0.3 is 0 Å². The number of benzene rings is 2. The molecule has 0 aromatic heterocycles. The van der Waals surface area contributed by atoms with Crippen LogP contribution >= 0.6 is 0 Å². The van der Waals surface area contributed by atoms with Crippen molar-refractivity contribution in [2.45, 2.75) is 31.7 Å². The van der Waals surface area contributed by atoms with Crippen LogP contribution in [0, 0.1) is 13.8 Å². The molecule has 2 aromatic carbocycles. The quantitative estimate of drug-likeness (QED) is 0.834. The van der Waals surface area contributed by atoms with Crippen molar-refractivity contribution in [2.24, 2.45) is 0 Å². The number of methoxy groups -OCH3 is 1. The average Bonchev–Trinajstić information content (AvgIpc) is 2.52. The van der Waals surface area contributed by atoms with Crippen LogP contribution in [0.4, 0.5) is 0 Å². The lowest BCUT2D eigenvalue weighted by Gasteiger charge is -2.18. The van der Waals surface area contributed by atoms with Crippen molar-refractivity contribution in [1.29, 1.82) is 0 Å². The van der Waals surface area contributed by atoms with E-state index >= 15 is 0 Å². The number of sulfonamides is 1. The van der Waals surface area contributed by atoms with Gasteiger partial charge in [-0.3, -0.25) is 0 Å². The molecule has 5 nitrogen and oxygen atoms in total.